The van der Waals surface area contributed by atoms with E-state index in [9.17, 15) is 14.7 Å². The number of aliphatic hydroxyl groups is 1. The summed E-state index contributed by atoms with van der Waals surface area (Å²) in [7, 11) is 1.53. The van der Waals surface area contributed by atoms with Gasteiger partial charge in [-0.3, -0.25) is 0 Å². The number of amides is 1. The van der Waals surface area contributed by atoms with Crippen molar-refractivity contribution < 1.29 is 28.9 Å². The number of methoxy groups -OCH3 is 1. The molecule has 0 aliphatic heterocycles. The van der Waals surface area contributed by atoms with Crippen LogP contribution in [0.4, 0.5) is 4.79 Å². The first-order chi connectivity index (χ1) is 11.5. The van der Waals surface area contributed by atoms with Crippen LogP contribution in [0, 0.1) is 0 Å². The molecule has 2 N–H and O–H groups in total. The van der Waals surface area contributed by atoms with Crippen molar-refractivity contribution in [1.29, 1.82) is 0 Å². The summed E-state index contributed by atoms with van der Waals surface area (Å²) < 4.78 is 15.0. The number of ether oxygens (including phenoxy) is 3. The maximum atomic E-state index is 12.1. The minimum atomic E-state index is -1.27. The summed E-state index contributed by atoms with van der Waals surface area (Å²) in [6, 6.07) is 5.27. The van der Waals surface area contributed by atoms with Gasteiger partial charge in [-0.05, 0) is 31.0 Å². The van der Waals surface area contributed by atoms with Crippen molar-refractivity contribution in [1.82, 2.24) is 5.32 Å². The summed E-state index contributed by atoms with van der Waals surface area (Å²) >= 11 is 0. The minimum absolute atomic E-state index is 0.136. The van der Waals surface area contributed by atoms with E-state index < -0.39 is 24.2 Å². The van der Waals surface area contributed by atoms with Gasteiger partial charge in [0.1, 0.15) is 11.9 Å². The van der Waals surface area contributed by atoms with E-state index in [-0.39, 0.29) is 13.2 Å². The lowest BCUT2D eigenvalue weighted by molar-refractivity contribution is -0.148. The molecule has 0 aliphatic rings. The van der Waals surface area contributed by atoms with E-state index in [2.05, 4.69) is 5.32 Å². The molecule has 1 aromatic rings. The lowest BCUT2D eigenvalue weighted by Gasteiger charge is -2.22. The molecule has 2 atom stereocenters. The molecule has 7 nitrogen and oxygen atoms in total. The molecule has 2 unspecified atom stereocenters. The Kier molecular flexibility index (Phi) is 8.64. The number of nitrogens with one attached hydrogen (secondary N) is 1. The average Bonchev–Trinajstić information content (AvgIpc) is 2.59. The van der Waals surface area contributed by atoms with Crippen LogP contribution in [0.2, 0.25) is 0 Å². The Bertz CT molecular complexity index is 516. The first-order valence-electron chi connectivity index (χ1n) is 7.95. The number of aliphatic hydroxyl groups excluding tert-OH is 1. The summed E-state index contributed by atoms with van der Waals surface area (Å²) in [4.78, 5) is 23.9. The largest absolute Gasteiger partial charge is 0.497 e. The number of benzene rings is 1. The molecule has 0 bridgehead atoms. The number of alkyl carbamates (subject to hydrolysis) is 1. The molecule has 0 saturated carbocycles. The van der Waals surface area contributed by atoms with Crippen LogP contribution in [0.3, 0.4) is 0 Å². The first kappa shape index (κ1) is 19.8. The highest BCUT2D eigenvalue weighted by Crippen LogP contribution is 2.21. The van der Waals surface area contributed by atoms with Crippen molar-refractivity contribution >= 4 is 12.1 Å². The summed E-state index contributed by atoms with van der Waals surface area (Å²) in [6.07, 6.45) is -0.440. The Morgan fingerprint density at radius 2 is 1.83 bits per heavy atom. The second kappa shape index (κ2) is 10.5. The fourth-order valence-electron chi connectivity index (χ4n) is 1.97. The van der Waals surface area contributed by atoms with Gasteiger partial charge in [0.2, 0.25) is 0 Å². The number of esters is 1. The molecule has 1 amide bonds. The van der Waals surface area contributed by atoms with E-state index in [1.807, 2.05) is 6.92 Å². The van der Waals surface area contributed by atoms with E-state index in [4.69, 9.17) is 14.2 Å². The van der Waals surface area contributed by atoms with Gasteiger partial charge in [0.25, 0.3) is 0 Å². The molecule has 0 aromatic heterocycles. The molecule has 1 rings (SSSR count). The van der Waals surface area contributed by atoms with Crippen LogP contribution in [0.25, 0.3) is 0 Å². The topological polar surface area (TPSA) is 94.1 Å². The van der Waals surface area contributed by atoms with E-state index in [1.165, 1.54) is 7.11 Å². The molecule has 7 heteroatoms. The summed E-state index contributed by atoms with van der Waals surface area (Å²) in [5, 5.41) is 12.8. The number of hydrogen-bond donors (Lipinski definition) is 2. The normalized spacial score (nSPS) is 12.8. The van der Waals surface area contributed by atoms with Crippen molar-refractivity contribution in [2.24, 2.45) is 0 Å². The quantitative estimate of drug-likeness (QED) is 0.529. The molecule has 1 aromatic carbocycles. The van der Waals surface area contributed by atoms with Gasteiger partial charge >= 0.3 is 12.1 Å². The van der Waals surface area contributed by atoms with Crippen LogP contribution in [0.15, 0.2) is 24.3 Å². The lowest BCUT2D eigenvalue weighted by Crippen LogP contribution is -2.46. The summed E-state index contributed by atoms with van der Waals surface area (Å²) in [6.45, 7) is 4.00. The third-order valence-corrected chi connectivity index (χ3v) is 3.32. The van der Waals surface area contributed by atoms with Gasteiger partial charge < -0.3 is 24.6 Å². The maximum Gasteiger partial charge on any atom is 0.407 e. The lowest BCUT2D eigenvalue weighted by atomic mass is 10.0. The van der Waals surface area contributed by atoms with Crippen molar-refractivity contribution in [3.05, 3.63) is 29.8 Å². The zero-order valence-corrected chi connectivity index (χ0v) is 14.3. The zero-order valence-electron chi connectivity index (χ0n) is 14.3. The Balaban J connectivity index is 2.82. The van der Waals surface area contributed by atoms with E-state index in [0.29, 0.717) is 11.3 Å². The predicted molar refractivity (Wildman–Crippen MR) is 87.8 cm³/mol. The summed E-state index contributed by atoms with van der Waals surface area (Å²) in [5.74, 6) is -0.112. The van der Waals surface area contributed by atoms with Crippen molar-refractivity contribution in [2.45, 2.75) is 38.8 Å². The van der Waals surface area contributed by atoms with Crippen molar-refractivity contribution in [2.75, 3.05) is 20.3 Å². The van der Waals surface area contributed by atoms with Gasteiger partial charge in [-0.2, -0.15) is 0 Å². The average molecular weight is 339 g/mol. The monoisotopic (exact) mass is 339 g/mol. The van der Waals surface area contributed by atoms with Crippen molar-refractivity contribution in [3.63, 3.8) is 0 Å². The third-order valence-electron chi connectivity index (χ3n) is 3.32. The second-order valence-electron chi connectivity index (χ2n) is 5.08. The van der Waals surface area contributed by atoms with E-state index in [0.717, 1.165) is 12.8 Å². The number of rotatable bonds is 9. The zero-order chi connectivity index (χ0) is 17.9. The van der Waals surface area contributed by atoms with Gasteiger partial charge in [-0.15, -0.1) is 0 Å². The number of unbranched alkanes of at least 4 members (excludes halogenated alkanes) is 1. The van der Waals surface area contributed by atoms with Gasteiger partial charge in [0.05, 0.1) is 20.3 Å². The number of carbonyl (C=O) groups is 2. The molecule has 0 saturated heterocycles. The Hall–Kier alpha value is -2.28. The smallest absolute Gasteiger partial charge is 0.407 e. The van der Waals surface area contributed by atoms with Gasteiger partial charge in [-0.1, -0.05) is 25.5 Å². The SMILES string of the molecule is CCCCOC(=O)NC(C(=O)OCC)C(O)c1ccc(OC)cc1. The summed E-state index contributed by atoms with van der Waals surface area (Å²) in [5.41, 5.74) is 0.447. The van der Waals surface area contributed by atoms with Gasteiger partial charge in [0.15, 0.2) is 6.04 Å². The number of carbonyl (C=O) groups excluding carboxylic acids is 2. The maximum absolute atomic E-state index is 12.1. The standard InChI is InChI=1S/C17H25NO6/c1-4-6-11-24-17(21)18-14(16(20)23-5-2)15(19)12-7-9-13(22-3)10-8-12/h7-10,14-15,19H,4-6,11H2,1-3H3,(H,18,21). The van der Waals surface area contributed by atoms with Crippen LogP contribution in [-0.4, -0.2) is 43.5 Å². The van der Waals surface area contributed by atoms with Crippen molar-refractivity contribution in [3.8, 4) is 5.75 Å². The molecule has 0 fully saturated rings. The van der Waals surface area contributed by atoms with E-state index >= 15 is 0 Å². The molecule has 0 heterocycles. The molecule has 24 heavy (non-hydrogen) atoms. The highest BCUT2D eigenvalue weighted by molar-refractivity contribution is 5.82. The van der Waals surface area contributed by atoms with E-state index in [1.54, 1.807) is 31.2 Å². The van der Waals surface area contributed by atoms with Crippen LogP contribution in [-0.2, 0) is 14.3 Å². The van der Waals surface area contributed by atoms with Crippen LogP contribution < -0.4 is 10.1 Å². The number of hydrogen-bond acceptors (Lipinski definition) is 6. The Morgan fingerprint density at radius 3 is 2.38 bits per heavy atom. The van der Waals surface area contributed by atoms with Gasteiger partial charge in [-0.25, -0.2) is 9.59 Å². The molecule has 134 valence electrons. The first-order valence-corrected chi connectivity index (χ1v) is 7.95. The second-order valence-corrected chi connectivity index (χ2v) is 5.08. The Morgan fingerprint density at radius 1 is 1.17 bits per heavy atom. The highest BCUT2D eigenvalue weighted by atomic mass is 16.6. The molecule has 0 radical (unpaired) electrons. The Labute approximate surface area is 141 Å². The van der Waals surface area contributed by atoms with Crippen LogP contribution in [0.5, 0.6) is 5.75 Å². The molecular weight excluding hydrogens is 314 g/mol. The minimum Gasteiger partial charge on any atom is -0.497 e. The third kappa shape index (κ3) is 6.08. The van der Waals surface area contributed by atoms with Crippen LogP contribution >= 0.6 is 0 Å². The fraction of sp³-hybridized carbons (Fsp3) is 0.529. The molecule has 0 spiro atoms. The predicted octanol–water partition coefficient (Wildman–Crippen LogP) is 2.19. The van der Waals surface area contributed by atoms with Gasteiger partial charge in [0, 0.05) is 0 Å². The highest BCUT2D eigenvalue weighted by Gasteiger charge is 2.31. The molecule has 0 aliphatic carbocycles. The molecular formula is C17H25NO6. The fourth-order valence-corrected chi connectivity index (χ4v) is 1.97. The van der Waals surface area contributed by atoms with Crippen LogP contribution in [0.1, 0.15) is 38.4 Å².